The van der Waals surface area contributed by atoms with E-state index in [0.717, 1.165) is 48.9 Å². The summed E-state index contributed by atoms with van der Waals surface area (Å²) in [5.74, 6) is -0.235. The van der Waals surface area contributed by atoms with Crippen LogP contribution in [0.15, 0.2) is 36.4 Å². The van der Waals surface area contributed by atoms with Gasteiger partial charge in [-0.2, -0.15) is 0 Å². The van der Waals surface area contributed by atoms with Gasteiger partial charge in [0.15, 0.2) is 0 Å². The number of carbonyl (C=O) groups is 2. The topological polar surface area (TPSA) is 113 Å². The third kappa shape index (κ3) is 7.26. The van der Waals surface area contributed by atoms with Crippen molar-refractivity contribution in [3.8, 4) is 5.75 Å². The molecule has 10 heteroatoms. The van der Waals surface area contributed by atoms with Crippen LogP contribution in [0.4, 0.5) is 5.69 Å². The molecule has 1 fully saturated rings. The van der Waals surface area contributed by atoms with Crippen molar-refractivity contribution in [3.05, 3.63) is 58.1 Å². The van der Waals surface area contributed by atoms with Gasteiger partial charge in [0, 0.05) is 30.1 Å². The molecule has 2 aliphatic heterocycles. The molecular weight excluding hydrogens is 600 g/mol. The molecule has 2 N–H and O–H groups in total. The number of Topliss-reactive ketones (excluding diaryl/α,β-unsaturated/α-hetero) is 1. The van der Waals surface area contributed by atoms with Crippen LogP contribution < -0.4 is 14.4 Å². The third-order valence-corrected chi connectivity index (χ3v) is 12.3. The van der Waals surface area contributed by atoms with E-state index >= 15 is 0 Å². The van der Waals surface area contributed by atoms with Crippen LogP contribution in [0.3, 0.4) is 0 Å². The minimum absolute atomic E-state index is 0.0439. The first kappa shape index (κ1) is 32.8. The zero-order valence-corrected chi connectivity index (χ0v) is 27.6. The molecule has 44 heavy (non-hydrogen) atoms. The lowest BCUT2D eigenvalue weighted by Crippen LogP contribution is -2.52. The molecule has 1 amide bonds. The number of amides is 1. The maximum Gasteiger partial charge on any atom is 0.264 e. The number of aryl methyl sites for hydroxylation is 1. The summed E-state index contributed by atoms with van der Waals surface area (Å²) in [4.78, 5) is 28.0. The quantitative estimate of drug-likeness (QED) is 0.408. The molecule has 0 spiro atoms. The van der Waals surface area contributed by atoms with Gasteiger partial charge in [-0.3, -0.25) is 9.59 Å². The maximum absolute atomic E-state index is 13.4. The van der Waals surface area contributed by atoms with E-state index in [0.29, 0.717) is 49.7 Å². The minimum Gasteiger partial charge on any atom is -0.487 e. The molecule has 2 heterocycles. The zero-order valence-electron chi connectivity index (χ0n) is 26.0. The summed E-state index contributed by atoms with van der Waals surface area (Å²) in [5, 5.41) is 11.9. The Balaban J connectivity index is 1.56. The molecule has 5 rings (SSSR count). The van der Waals surface area contributed by atoms with Crippen molar-refractivity contribution in [2.24, 2.45) is 17.8 Å². The summed E-state index contributed by atoms with van der Waals surface area (Å²) >= 11 is 6.32. The molecule has 0 saturated heterocycles. The molecular formula is C34H45ClN2O6S. The molecule has 5 atom stereocenters. The van der Waals surface area contributed by atoms with Gasteiger partial charge < -0.3 is 14.7 Å². The van der Waals surface area contributed by atoms with E-state index in [9.17, 15) is 23.1 Å². The van der Waals surface area contributed by atoms with Crippen molar-refractivity contribution in [2.45, 2.75) is 96.0 Å². The largest absolute Gasteiger partial charge is 0.487 e. The van der Waals surface area contributed by atoms with Crippen LogP contribution in [0.5, 0.6) is 5.75 Å². The number of carbonyl (C=O) groups excluding carboxylic acids is 2. The summed E-state index contributed by atoms with van der Waals surface area (Å²) in [5.41, 5.74) is 2.02. The van der Waals surface area contributed by atoms with Crippen molar-refractivity contribution < 1.29 is 27.9 Å². The van der Waals surface area contributed by atoms with Crippen molar-refractivity contribution >= 4 is 39.0 Å². The van der Waals surface area contributed by atoms with E-state index < -0.39 is 26.8 Å². The Morgan fingerprint density at radius 1 is 1.09 bits per heavy atom. The van der Waals surface area contributed by atoms with Gasteiger partial charge in [0.1, 0.15) is 18.1 Å². The zero-order chi connectivity index (χ0) is 31.6. The van der Waals surface area contributed by atoms with Crippen LogP contribution in [0.1, 0.15) is 93.6 Å². The molecule has 3 aliphatic rings. The first-order chi connectivity index (χ1) is 20.9. The molecule has 0 unspecified atom stereocenters. The fraction of sp³-hybridized carbons (Fsp3) is 0.588. The second-order valence-corrected chi connectivity index (χ2v) is 15.7. The molecule has 0 aromatic heterocycles. The number of sulfonamides is 1. The van der Waals surface area contributed by atoms with Gasteiger partial charge in [0.05, 0.1) is 16.5 Å². The van der Waals surface area contributed by atoms with Gasteiger partial charge >= 0.3 is 0 Å². The van der Waals surface area contributed by atoms with Gasteiger partial charge in [0.2, 0.25) is 10.0 Å². The average Bonchev–Trinajstić information content (AvgIpc) is 2.96. The SMILES string of the molecule is CC(=O)C[C@@]1(O)CCC[C@H](C)[C@@H](C)S(=O)(=O)NC(=O)c2ccc3c(c2)N(CCCCc2cc(Cl)ccc2CO3)C[C@@H]2CC[C@H]21. The Labute approximate surface area is 266 Å². The highest BCUT2D eigenvalue weighted by atomic mass is 35.5. The lowest BCUT2D eigenvalue weighted by molar-refractivity contribution is -0.132. The Morgan fingerprint density at radius 3 is 2.61 bits per heavy atom. The fourth-order valence-corrected chi connectivity index (χ4v) is 8.75. The Bertz CT molecular complexity index is 1500. The van der Waals surface area contributed by atoms with Gasteiger partial charge in [0.25, 0.3) is 5.91 Å². The van der Waals surface area contributed by atoms with E-state index in [1.165, 1.54) is 6.92 Å². The molecule has 0 radical (unpaired) electrons. The second-order valence-electron chi connectivity index (χ2n) is 13.3. The number of anilines is 1. The maximum atomic E-state index is 13.4. The molecule has 240 valence electrons. The van der Waals surface area contributed by atoms with Gasteiger partial charge in [-0.25, -0.2) is 13.1 Å². The molecule has 1 aliphatic carbocycles. The van der Waals surface area contributed by atoms with Crippen LogP contribution in [0, 0.1) is 17.8 Å². The third-order valence-electron chi connectivity index (χ3n) is 10.2. The summed E-state index contributed by atoms with van der Waals surface area (Å²) in [7, 11) is -3.96. The number of benzene rings is 2. The number of aliphatic hydroxyl groups is 1. The Morgan fingerprint density at radius 2 is 1.89 bits per heavy atom. The molecule has 2 bridgehead atoms. The fourth-order valence-electron chi connectivity index (χ4n) is 7.25. The predicted octanol–water partition coefficient (Wildman–Crippen LogP) is 6.07. The summed E-state index contributed by atoms with van der Waals surface area (Å²) < 4.78 is 35.3. The van der Waals surface area contributed by atoms with Crippen LogP contribution in [0.25, 0.3) is 0 Å². The van der Waals surface area contributed by atoms with E-state index in [-0.39, 0.29) is 35.5 Å². The molecule has 2 aromatic carbocycles. The summed E-state index contributed by atoms with van der Waals surface area (Å²) in [6.45, 7) is 6.65. The smallest absolute Gasteiger partial charge is 0.264 e. The van der Waals surface area contributed by atoms with E-state index in [4.69, 9.17) is 16.3 Å². The number of ether oxygens (including phenoxy) is 1. The van der Waals surface area contributed by atoms with E-state index in [2.05, 4.69) is 9.62 Å². The van der Waals surface area contributed by atoms with Crippen LogP contribution in [0.2, 0.25) is 5.02 Å². The lowest BCUT2D eigenvalue weighted by Gasteiger charge is -2.49. The van der Waals surface area contributed by atoms with Crippen molar-refractivity contribution in [2.75, 3.05) is 18.0 Å². The number of hydrogen-bond acceptors (Lipinski definition) is 7. The van der Waals surface area contributed by atoms with Gasteiger partial charge in [-0.1, -0.05) is 31.0 Å². The number of rotatable bonds is 2. The predicted molar refractivity (Wildman–Crippen MR) is 173 cm³/mol. The molecule has 1 saturated carbocycles. The Kier molecular flexibility index (Phi) is 9.97. The first-order valence-electron chi connectivity index (χ1n) is 15.9. The number of fused-ring (bicyclic) bond motifs is 3. The standard InChI is InChI=1S/C34H45ClN2O6S/c1-22-7-6-15-34(40,19-23(2)38)30-13-10-27(30)20-37-16-5-4-8-25-17-29(35)12-9-28(25)21-43-32-14-11-26(18-31(32)37)33(39)36-44(41,42)24(22)3/h9,11-12,14,17-18,22,24,27,30,40H,4-8,10,13,15-16,19-21H2,1-3H3,(H,36,39)/t22-,24+,27-,30+,34-/m0/s1. The average molecular weight is 645 g/mol. The van der Waals surface area contributed by atoms with Crippen LogP contribution in [-0.2, 0) is 27.8 Å². The van der Waals surface area contributed by atoms with Crippen molar-refractivity contribution in [1.29, 1.82) is 0 Å². The highest BCUT2D eigenvalue weighted by molar-refractivity contribution is 7.90. The van der Waals surface area contributed by atoms with Crippen LogP contribution >= 0.6 is 11.6 Å². The first-order valence-corrected chi connectivity index (χ1v) is 17.9. The number of hydrogen-bond donors (Lipinski definition) is 2. The van der Waals surface area contributed by atoms with Gasteiger partial charge in [-0.15, -0.1) is 0 Å². The number of ketones is 1. The minimum atomic E-state index is -3.96. The van der Waals surface area contributed by atoms with E-state index in [1.54, 1.807) is 25.1 Å². The van der Waals surface area contributed by atoms with E-state index in [1.807, 2.05) is 25.1 Å². The van der Waals surface area contributed by atoms with Crippen molar-refractivity contribution in [3.63, 3.8) is 0 Å². The monoisotopic (exact) mass is 644 g/mol. The highest BCUT2D eigenvalue weighted by Crippen LogP contribution is 2.47. The number of halogens is 1. The second kappa shape index (κ2) is 13.4. The number of nitrogens with one attached hydrogen (secondary N) is 1. The van der Waals surface area contributed by atoms with Crippen LogP contribution in [-0.4, -0.2) is 49.2 Å². The van der Waals surface area contributed by atoms with Gasteiger partial charge in [-0.05, 0) is 118 Å². The lowest BCUT2D eigenvalue weighted by atomic mass is 9.61. The molecule has 8 nitrogen and oxygen atoms in total. The van der Waals surface area contributed by atoms with Crippen molar-refractivity contribution in [1.82, 2.24) is 4.72 Å². The Hall–Kier alpha value is -2.62. The highest BCUT2D eigenvalue weighted by Gasteiger charge is 2.47. The summed E-state index contributed by atoms with van der Waals surface area (Å²) in [6.07, 6.45) is 6.11. The number of nitrogens with zero attached hydrogens (tertiary/aromatic N) is 1. The molecule has 2 aromatic rings. The normalized spacial score (nSPS) is 29.5. The summed E-state index contributed by atoms with van der Waals surface area (Å²) in [6, 6.07) is 10.9.